The summed E-state index contributed by atoms with van der Waals surface area (Å²) in [6.07, 6.45) is -4.57. The predicted octanol–water partition coefficient (Wildman–Crippen LogP) is 2.93. The number of benzene rings is 1. The molecule has 7 heteroatoms. The van der Waals surface area contributed by atoms with Crippen LogP contribution in [0.2, 0.25) is 0 Å². The maximum Gasteiger partial charge on any atom is 0.418 e. The third kappa shape index (κ3) is 3.52. The van der Waals surface area contributed by atoms with Crippen molar-refractivity contribution in [3.05, 3.63) is 29.3 Å². The normalized spacial score (nSPS) is 17.1. The van der Waals surface area contributed by atoms with Gasteiger partial charge in [0.2, 0.25) is 0 Å². The summed E-state index contributed by atoms with van der Waals surface area (Å²) in [4.78, 5) is 14.8. The van der Waals surface area contributed by atoms with Gasteiger partial charge in [-0.15, -0.1) is 0 Å². The number of carboxylic acids is 1. The molecule has 0 saturated carbocycles. The molecule has 0 spiro atoms. The third-order valence-electron chi connectivity index (χ3n) is 3.93. The summed E-state index contributed by atoms with van der Waals surface area (Å²) < 4.78 is 39.7. The lowest BCUT2D eigenvalue weighted by Crippen LogP contribution is -2.49. The number of carboxylic acid groups (broad SMARTS) is 1. The topological polar surface area (TPSA) is 43.8 Å². The number of nitrogens with zero attached hydrogens (tertiary/aromatic N) is 2. The number of anilines is 1. The molecule has 122 valence electrons. The van der Waals surface area contributed by atoms with Crippen LogP contribution < -0.4 is 4.90 Å². The van der Waals surface area contributed by atoms with Gasteiger partial charge in [-0.25, -0.2) is 4.79 Å². The quantitative estimate of drug-likeness (QED) is 0.931. The molecule has 1 aliphatic heterocycles. The van der Waals surface area contributed by atoms with Crippen molar-refractivity contribution in [2.45, 2.75) is 26.1 Å². The Morgan fingerprint density at radius 3 is 2.23 bits per heavy atom. The Morgan fingerprint density at radius 2 is 1.77 bits per heavy atom. The molecule has 0 atom stereocenters. The fourth-order valence-corrected chi connectivity index (χ4v) is 2.65. The van der Waals surface area contributed by atoms with Crippen LogP contribution >= 0.6 is 0 Å². The van der Waals surface area contributed by atoms with E-state index in [1.54, 1.807) is 4.90 Å². The van der Waals surface area contributed by atoms with Gasteiger partial charge in [0.25, 0.3) is 0 Å². The molecule has 0 amide bonds. The summed E-state index contributed by atoms with van der Waals surface area (Å²) in [6.45, 7) is 6.48. The molecular weight excluding hydrogens is 297 g/mol. The minimum absolute atomic E-state index is 0.0564. The van der Waals surface area contributed by atoms with Crippen molar-refractivity contribution in [1.82, 2.24) is 4.90 Å². The molecule has 2 rings (SSSR count). The van der Waals surface area contributed by atoms with E-state index in [-0.39, 0.29) is 11.3 Å². The largest absolute Gasteiger partial charge is 0.478 e. The number of rotatable bonds is 3. The van der Waals surface area contributed by atoms with Crippen LogP contribution in [-0.4, -0.2) is 48.2 Å². The number of halogens is 3. The van der Waals surface area contributed by atoms with E-state index in [2.05, 4.69) is 18.7 Å². The van der Waals surface area contributed by atoms with Crippen molar-refractivity contribution in [2.75, 3.05) is 31.1 Å². The maximum atomic E-state index is 13.2. The lowest BCUT2D eigenvalue weighted by molar-refractivity contribution is -0.137. The standard InChI is InChI=1S/C15H19F3N2O2/c1-10(2)19-5-7-20(8-6-19)13-4-3-11(14(21)22)9-12(13)15(16,17)18/h3-4,9-10H,5-8H2,1-2H3,(H,21,22). The van der Waals surface area contributed by atoms with Gasteiger partial charge in [0.05, 0.1) is 11.1 Å². The van der Waals surface area contributed by atoms with E-state index in [4.69, 9.17) is 5.11 Å². The molecule has 0 unspecified atom stereocenters. The van der Waals surface area contributed by atoms with Crippen molar-refractivity contribution in [2.24, 2.45) is 0 Å². The summed E-state index contributed by atoms with van der Waals surface area (Å²) in [6, 6.07) is 3.56. The summed E-state index contributed by atoms with van der Waals surface area (Å²) in [5.74, 6) is -1.36. The van der Waals surface area contributed by atoms with Gasteiger partial charge in [-0.3, -0.25) is 4.90 Å². The third-order valence-corrected chi connectivity index (χ3v) is 3.93. The van der Waals surface area contributed by atoms with Gasteiger partial charge in [0, 0.05) is 37.9 Å². The van der Waals surface area contributed by atoms with Crippen molar-refractivity contribution in [3.63, 3.8) is 0 Å². The average Bonchev–Trinajstić information content (AvgIpc) is 2.45. The first-order chi connectivity index (χ1) is 10.2. The Morgan fingerprint density at radius 1 is 1.18 bits per heavy atom. The molecule has 1 saturated heterocycles. The number of piperazine rings is 1. The highest BCUT2D eigenvalue weighted by Crippen LogP contribution is 2.37. The number of alkyl halides is 3. The molecule has 1 aliphatic rings. The van der Waals surface area contributed by atoms with E-state index >= 15 is 0 Å². The second-order valence-electron chi connectivity index (χ2n) is 5.65. The van der Waals surface area contributed by atoms with Gasteiger partial charge < -0.3 is 10.0 Å². The van der Waals surface area contributed by atoms with Crippen LogP contribution in [0.3, 0.4) is 0 Å². The van der Waals surface area contributed by atoms with Gasteiger partial charge in [0.15, 0.2) is 0 Å². The monoisotopic (exact) mass is 316 g/mol. The minimum Gasteiger partial charge on any atom is -0.478 e. The highest BCUT2D eigenvalue weighted by molar-refractivity contribution is 5.88. The van der Waals surface area contributed by atoms with Gasteiger partial charge in [-0.1, -0.05) is 0 Å². The van der Waals surface area contributed by atoms with Crippen LogP contribution in [-0.2, 0) is 6.18 Å². The average molecular weight is 316 g/mol. The first kappa shape index (κ1) is 16.6. The van der Waals surface area contributed by atoms with Crippen LogP contribution in [0.15, 0.2) is 18.2 Å². The van der Waals surface area contributed by atoms with E-state index in [1.807, 2.05) is 0 Å². The first-order valence-electron chi connectivity index (χ1n) is 7.13. The van der Waals surface area contributed by atoms with E-state index in [9.17, 15) is 18.0 Å². The van der Waals surface area contributed by atoms with Crippen LogP contribution in [0.25, 0.3) is 0 Å². The molecule has 1 aromatic rings. The Bertz CT molecular complexity index is 550. The second kappa shape index (κ2) is 6.16. The summed E-state index contributed by atoms with van der Waals surface area (Å²) in [7, 11) is 0. The molecular formula is C15H19F3N2O2. The van der Waals surface area contributed by atoms with E-state index in [0.29, 0.717) is 38.3 Å². The number of aromatic carboxylic acids is 1. The summed E-state index contributed by atoms with van der Waals surface area (Å²) in [5, 5.41) is 8.88. The van der Waals surface area contributed by atoms with E-state index < -0.39 is 17.7 Å². The molecule has 0 bridgehead atoms. The highest BCUT2D eigenvalue weighted by Gasteiger charge is 2.36. The van der Waals surface area contributed by atoms with Crippen molar-refractivity contribution >= 4 is 11.7 Å². The fraction of sp³-hybridized carbons (Fsp3) is 0.533. The zero-order chi connectivity index (χ0) is 16.5. The zero-order valence-electron chi connectivity index (χ0n) is 12.5. The summed E-state index contributed by atoms with van der Waals surface area (Å²) >= 11 is 0. The van der Waals surface area contributed by atoms with Crippen LogP contribution in [0.4, 0.5) is 18.9 Å². The van der Waals surface area contributed by atoms with Crippen LogP contribution in [0, 0.1) is 0 Å². The Labute approximate surface area is 127 Å². The second-order valence-corrected chi connectivity index (χ2v) is 5.65. The SMILES string of the molecule is CC(C)N1CCN(c2ccc(C(=O)O)cc2C(F)(F)F)CC1. The van der Waals surface area contributed by atoms with Crippen molar-refractivity contribution in [1.29, 1.82) is 0 Å². The smallest absolute Gasteiger partial charge is 0.418 e. The van der Waals surface area contributed by atoms with Crippen LogP contribution in [0.5, 0.6) is 0 Å². The van der Waals surface area contributed by atoms with Gasteiger partial charge in [0.1, 0.15) is 0 Å². The van der Waals surface area contributed by atoms with Gasteiger partial charge >= 0.3 is 12.1 Å². The Balaban J connectivity index is 2.29. The minimum atomic E-state index is -4.57. The number of hydrogen-bond donors (Lipinski definition) is 1. The van der Waals surface area contributed by atoms with Gasteiger partial charge in [-0.2, -0.15) is 13.2 Å². The first-order valence-corrected chi connectivity index (χ1v) is 7.13. The molecule has 0 aromatic heterocycles. The van der Waals surface area contributed by atoms with Crippen LogP contribution in [0.1, 0.15) is 29.8 Å². The molecule has 0 aliphatic carbocycles. The summed E-state index contributed by atoms with van der Waals surface area (Å²) in [5.41, 5.74) is -1.18. The molecule has 1 heterocycles. The molecule has 1 aromatic carbocycles. The Hall–Kier alpha value is -1.76. The fourth-order valence-electron chi connectivity index (χ4n) is 2.65. The lowest BCUT2D eigenvalue weighted by atomic mass is 10.1. The predicted molar refractivity (Wildman–Crippen MR) is 77.3 cm³/mol. The zero-order valence-corrected chi connectivity index (χ0v) is 12.5. The number of hydrogen-bond acceptors (Lipinski definition) is 3. The molecule has 4 nitrogen and oxygen atoms in total. The lowest BCUT2D eigenvalue weighted by Gasteiger charge is -2.39. The van der Waals surface area contributed by atoms with Crippen molar-refractivity contribution < 1.29 is 23.1 Å². The van der Waals surface area contributed by atoms with Gasteiger partial charge in [-0.05, 0) is 32.0 Å². The maximum absolute atomic E-state index is 13.2. The molecule has 1 fully saturated rings. The molecule has 1 N–H and O–H groups in total. The molecule has 0 radical (unpaired) electrons. The Kier molecular flexibility index (Phi) is 4.65. The van der Waals surface area contributed by atoms with E-state index in [1.165, 1.54) is 12.1 Å². The highest BCUT2D eigenvalue weighted by atomic mass is 19.4. The number of carbonyl (C=O) groups is 1. The molecule has 22 heavy (non-hydrogen) atoms. The van der Waals surface area contributed by atoms with E-state index in [0.717, 1.165) is 0 Å². The van der Waals surface area contributed by atoms with Crippen molar-refractivity contribution in [3.8, 4) is 0 Å².